The van der Waals surface area contributed by atoms with E-state index in [2.05, 4.69) is 32.7 Å². The first-order valence-corrected chi connectivity index (χ1v) is 14.9. The van der Waals surface area contributed by atoms with Crippen molar-refractivity contribution in [3.63, 3.8) is 0 Å². The van der Waals surface area contributed by atoms with E-state index in [4.69, 9.17) is 0 Å². The summed E-state index contributed by atoms with van der Waals surface area (Å²) in [4.78, 5) is 34.2. The standard InChI is InChI=1S/C28H34N2O2S2/c31-25(29-5-1-23-21(16-29)3-7-33-23)14-27-10-19-9-20(11-27)13-28(12-19,18-27)15-26(32)30-6-2-24-22(17-30)4-8-34-24/h3-4,7-8,19-20H,1-2,5-6,9-18H2. The summed E-state index contributed by atoms with van der Waals surface area (Å²) >= 11 is 3.67. The van der Waals surface area contributed by atoms with E-state index in [0.717, 1.165) is 57.3 Å². The molecule has 0 atom stereocenters. The Morgan fingerprint density at radius 2 is 1.26 bits per heavy atom. The van der Waals surface area contributed by atoms with Gasteiger partial charge in [-0.05, 0) is 108 Å². The number of carbonyl (C=O) groups excluding carboxylic acids is 2. The minimum atomic E-state index is 0.138. The van der Waals surface area contributed by atoms with Crippen LogP contribution in [0.15, 0.2) is 22.9 Å². The number of hydrogen-bond acceptors (Lipinski definition) is 4. The van der Waals surface area contributed by atoms with Gasteiger partial charge in [0.1, 0.15) is 0 Å². The third-order valence-electron chi connectivity index (χ3n) is 9.68. The van der Waals surface area contributed by atoms with E-state index in [9.17, 15) is 9.59 Å². The van der Waals surface area contributed by atoms with Crippen LogP contribution >= 0.6 is 22.7 Å². The minimum Gasteiger partial charge on any atom is -0.338 e. The molecule has 34 heavy (non-hydrogen) atoms. The molecule has 4 bridgehead atoms. The predicted octanol–water partition coefficient (Wildman–Crippen LogP) is 5.65. The molecule has 4 saturated carbocycles. The topological polar surface area (TPSA) is 40.6 Å². The van der Waals surface area contributed by atoms with Gasteiger partial charge in [0.15, 0.2) is 0 Å². The van der Waals surface area contributed by atoms with Crippen molar-refractivity contribution in [2.45, 2.75) is 77.3 Å². The van der Waals surface area contributed by atoms with Crippen LogP contribution in [-0.4, -0.2) is 34.7 Å². The van der Waals surface area contributed by atoms with E-state index in [1.807, 2.05) is 22.7 Å². The van der Waals surface area contributed by atoms with Crippen molar-refractivity contribution in [3.8, 4) is 0 Å². The summed E-state index contributed by atoms with van der Waals surface area (Å²) in [6.45, 7) is 3.34. The molecule has 2 aromatic heterocycles. The number of fused-ring (bicyclic) bond motifs is 2. The summed E-state index contributed by atoms with van der Waals surface area (Å²) in [6.07, 6.45) is 10.7. The molecule has 4 nitrogen and oxygen atoms in total. The van der Waals surface area contributed by atoms with E-state index >= 15 is 0 Å². The van der Waals surface area contributed by atoms with Gasteiger partial charge in [-0.15, -0.1) is 22.7 Å². The lowest BCUT2D eigenvalue weighted by molar-refractivity contribution is -0.155. The van der Waals surface area contributed by atoms with Crippen molar-refractivity contribution >= 4 is 34.5 Å². The van der Waals surface area contributed by atoms with Gasteiger partial charge in [0.2, 0.25) is 11.8 Å². The van der Waals surface area contributed by atoms with Gasteiger partial charge in [0.05, 0.1) is 0 Å². The highest BCUT2D eigenvalue weighted by Gasteiger charge is 2.58. The van der Waals surface area contributed by atoms with Crippen molar-refractivity contribution in [1.82, 2.24) is 9.80 Å². The van der Waals surface area contributed by atoms with Crippen molar-refractivity contribution in [3.05, 3.63) is 43.8 Å². The van der Waals surface area contributed by atoms with Crippen LogP contribution in [0.1, 0.15) is 72.2 Å². The van der Waals surface area contributed by atoms with Gasteiger partial charge in [-0.1, -0.05) is 0 Å². The molecule has 2 aliphatic heterocycles. The number of carbonyl (C=O) groups is 2. The fraction of sp³-hybridized carbons (Fsp3) is 0.643. The van der Waals surface area contributed by atoms with Gasteiger partial charge in [0.25, 0.3) is 0 Å². The van der Waals surface area contributed by atoms with Gasteiger partial charge in [-0.3, -0.25) is 9.59 Å². The van der Waals surface area contributed by atoms with Gasteiger partial charge in [0, 0.05) is 48.8 Å². The number of nitrogens with zero attached hydrogens (tertiary/aromatic N) is 2. The Balaban J connectivity index is 1.06. The Morgan fingerprint density at radius 1 is 0.794 bits per heavy atom. The molecule has 0 unspecified atom stereocenters. The SMILES string of the molecule is O=C(CC12CC3CC(C1)CC(CC(=O)N1CCc4sccc4C1)(C3)C2)N1CCc2sccc2C1. The Kier molecular flexibility index (Phi) is 5.04. The summed E-state index contributed by atoms with van der Waals surface area (Å²) in [6, 6.07) is 4.40. The second kappa shape index (κ2) is 7.92. The van der Waals surface area contributed by atoms with Crippen LogP contribution in [0, 0.1) is 22.7 Å². The highest BCUT2D eigenvalue weighted by molar-refractivity contribution is 7.10. The lowest BCUT2D eigenvalue weighted by Gasteiger charge is -2.62. The molecule has 0 aromatic carbocycles. The Morgan fingerprint density at radius 3 is 1.74 bits per heavy atom. The molecule has 6 aliphatic rings. The lowest BCUT2D eigenvalue weighted by atomic mass is 9.43. The Labute approximate surface area is 210 Å². The molecular formula is C28H34N2O2S2. The molecule has 0 spiro atoms. The fourth-order valence-electron chi connectivity index (χ4n) is 8.85. The molecule has 0 saturated heterocycles. The van der Waals surface area contributed by atoms with Crippen molar-refractivity contribution < 1.29 is 9.59 Å². The Bertz CT molecular complexity index is 1030. The number of amides is 2. The van der Waals surface area contributed by atoms with Gasteiger partial charge in [-0.2, -0.15) is 0 Å². The molecule has 4 fully saturated rings. The maximum absolute atomic E-state index is 13.5. The van der Waals surface area contributed by atoms with Crippen LogP contribution < -0.4 is 0 Å². The molecular weight excluding hydrogens is 460 g/mol. The van der Waals surface area contributed by atoms with Crippen LogP contribution in [0.5, 0.6) is 0 Å². The molecule has 8 rings (SSSR count). The van der Waals surface area contributed by atoms with Crippen LogP contribution in [0.25, 0.3) is 0 Å². The first kappa shape index (κ1) is 21.6. The van der Waals surface area contributed by atoms with Crippen LogP contribution in [0.3, 0.4) is 0 Å². The van der Waals surface area contributed by atoms with Gasteiger partial charge < -0.3 is 9.80 Å². The highest BCUT2D eigenvalue weighted by atomic mass is 32.1. The summed E-state index contributed by atoms with van der Waals surface area (Å²) in [5.41, 5.74) is 2.98. The summed E-state index contributed by atoms with van der Waals surface area (Å²) in [7, 11) is 0. The molecule has 6 heteroatoms. The summed E-state index contributed by atoms with van der Waals surface area (Å²) < 4.78 is 0. The first-order chi connectivity index (χ1) is 16.5. The zero-order chi connectivity index (χ0) is 22.9. The van der Waals surface area contributed by atoms with Gasteiger partial charge >= 0.3 is 0 Å². The number of rotatable bonds is 4. The second-order valence-corrected chi connectivity index (χ2v) is 14.2. The summed E-state index contributed by atoms with van der Waals surface area (Å²) in [5, 5.41) is 4.33. The highest BCUT2D eigenvalue weighted by Crippen LogP contribution is 2.67. The quantitative estimate of drug-likeness (QED) is 0.551. The third kappa shape index (κ3) is 3.67. The monoisotopic (exact) mass is 494 g/mol. The maximum atomic E-state index is 13.5. The van der Waals surface area contributed by atoms with E-state index < -0.39 is 0 Å². The summed E-state index contributed by atoms with van der Waals surface area (Å²) in [5.74, 6) is 2.16. The molecule has 180 valence electrons. The van der Waals surface area contributed by atoms with E-state index in [-0.39, 0.29) is 10.8 Å². The minimum absolute atomic E-state index is 0.138. The molecule has 4 aliphatic carbocycles. The van der Waals surface area contributed by atoms with E-state index in [0.29, 0.717) is 24.7 Å². The molecule has 0 N–H and O–H groups in total. The molecule has 2 amide bonds. The van der Waals surface area contributed by atoms with E-state index in [1.165, 1.54) is 53.0 Å². The Hall–Kier alpha value is -1.66. The zero-order valence-corrected chi connectivity index (χ0v) is 21.5. The predicted molar refractivity (Wildman–Crippen MR) is 136 cm³/mol. The van der Waals surface area contributed by atoms with Crippen molar-refractivity contribution in [2.75, 3.05) is 13.1 Å². The maximum Gasteiger partial charge on any atom is 0.223 e. The number of hydrogen-bond donors (Lipinski definition) is 0. The lowest BCUT2D eigenvalue weighted by Crippen LogP contribution is -2.55. The van der Waals surface area contributed by atoms with Gasteiger partial charge in [-0.25, -0.2) is 0 Å². The molecule has 0 radical (unpaired) electrons. The van der Waals surface area contributed by atoms with Crippen LogP contribution in [0.2, 0.25) is 0 Å². The average Bonchev–Trinajstić information content (AvgIpc) is 3.45. The third-order valence-corrected chi connectivity index (χ3v) is 11.7. The second-order valence-electron chi connectivity index (χ2n) is 12.2. The van der Waals surface area contributed by atoms with Crippen LogP contribution in [-0.2, 0) is 35.5 Å². The molecule has 2 aromatic rings. The number of thiophene rings is 2. The smallest absolute Gasteiger partial charge is 0.223 e. The van der Waals surface area contributed by atoms with E-state index in [1.54, 1.807) is 0 Å². The van der Waals surface area contributed by atoms with Crippen molar-refractivity contribution in [1.29, 1.82) is 0 Å². The average molecular weight is 495 g/mol. The zero-order valence-electron chi connectivity index (χ0n) is 19.9. The first-order valence-electron chi connectivity index (χ1n) is 13.1. The largest absolute Gasteiger partial charge is 0.338 e. The van der Waals surface area contributed by atoms with Crippen molar-refractivity contribution in [2.24, 2.45) is 22.7 Å². The fourth-order valence-corrected chi connectivity index (χ4v) is 10.6. The van der Waals surface area contributed by atoms with Crippen LogP contribution in [0.4, 0.5) is 0 Å². The normalized spacial score (nSPS) is 33.6. The molecule has 4 heterocycles.